The molecule has 0 aromatic carbocycles. The fraction of sp³-hybridized carbons (Fsp3) is 0.273. The fourth-order valence-electron chi connectivity index (χ4n) is 0.948. The molecule has 0 aromatic heterocycles. The maximum absolute atomic E-state index is 10.8. The Labute approximate surface area is 109 Å². The topological polar surface area (TPSA) is 74.6 Å². The number of aliphatic carboxylic acids is 2. The van der Waals surface area contributed by atoms with Crippen molar-refractivity contribution in [1.29, 1.82) is 0 Å². The lowest BCUT2D eigenvalue weighted by molar-refractivity contribution is -0.133. The maximum Gasteiger partial charge on any atom is 0.331 e. The molecule has 0 rings (SSSR count). The molecule has 0 aliphatic rings. The predicted octanol–water partition coefficient (Wildman–Crippen LogP) is 3.13. The first-order chi connectivity index (χ1) is 7.79. The molecule has 0 aliphatic carbocycles. The molecule has 0 radical (unpaired) electrons. The third-order valence-corrected chi connectivity index (χ3v) is 2.35. The minimum absolute atomic E-state index is 0.0101. The van der Waals surface area contributed by atoms with E-state index in [-0.39, 0.29) is 27.6 Å². The molecule has 2 N–H and O–H groups in total. The van der Waals surface area contributed by atoms with Gasteiger partial charge < -0.3 is 10.2 Å². The molecule has 6 heteroatoms. The Bertz CT molecular complexity index is 415. The van der Waals surface area contributed by atoms with Gasteiger partial charge in [-0.2, -0.15) is 0 Å². The summed E-state index contributed by atoms with van der Waals surface area (Å²) in [5.41, 5.74) is 0.261. The van der Waals surface area contributed by atoms with E-state index in [9.17, 15) is 9.59 Å². The van der Waals surface area contributed by atoms with Crippen LogP contribution in [0.3, 0.4) is 0 Å². The van der Waals surface area contributed by atoms with E-state index >= 15 is 0 Å². The highest BCUT2D eigenvalue weighted by molar-refractivity contribution is 6.56. The third kappa shape index (κ3) is 5.56. The average molecular weight is 279 g/mol. The Morgan fingerprint density at radius 3 is 1.94 bits per heavy atom. The molecule has 0 saturated heterocycles. The second-order valence-electron chi connectivity index (χ2n) is 3.18. The average Bonchev–Trinajstić information content (AvgIpc) is 2.22. The summed E-state index contributed by atoms with van der Waals surface area (Å²) in [5, 5.41) is 17.5. The van der Waals surface area contributed by atoms with Gasteiger partial charge in [-0.15, -0.1) is 0 Å². The Balaban J connectivity index is 5.46. The number of rotatable bonds is 5. The zero-order chi connectivity index (χ0) is 13.6. The molecule has 94 valence electrons. The second-order valence-corrected chi connectivity index (χ2v) is 4.13. The highest BCUT2D eigenvalue weighted by atomic mass is 35.5. The van der Waals surface area contributed by atoms with Gasteiger partial charge in [-0.3, -0.25) is 0 Å². The lowest BCUT2D eigenvalue weighted by atomic mass is 10.1. The summed E-state index contributed by atoms with van der Waals surface area (Å²) in [4.78, 5) is 21.4. The summed E-state index contributed by atoms with van der Waals surface area (Å²) in [5.74, 6) is -2.22. The van der Waals surface area contributed by atoms with E-state index in [4.69, 9.17) is 33.4 Å². The Hall–Kier alpha value is -1.26. The van der Waals surface area contributed by atoms with E-state index in [2.05, 4.69) is 0 Å². The molecule has 0 fully saturated rings. The summed E-state index contributed by atoms with van der Waals surface area (Å²) in [6.45, 7) is 3.02. The van der Waals surface area contributed by atoms with Crippen molar-refractivity contribution in [2.45, 2.75) is 20.3 Å². The number of allylic oxidation sites excluding steroid dienone is 3. The van der Waals surface area contributed by atoms with Crippen molar-refractivity contribution in [3.8, 4) is 0 Å². The summed E-state index contributed by atoms with van der Waals surface area (Å²) in [6.07, 6.45) is 2.75. The van der Waals surface area contributed by atoms with Crippen molar-refractivity contribution in [2.24, 2.45) is 0 Å². The summed E-state index contributed by atoms with van der Waals surface area (Å²) < 4.78 is -0.183. The highest BCUT2D eigenvalue weighted by Gasteiger charge is 2.08. The van der Waals surface area contributed by atoms with Gasteiger partial charge in [-0.05, 0) is 25.5 Å². The Morgan fingerprint density at radius 1 is 1.12 bits per heavy atom. The number of hydrogen-bond acceptors (Lipinski definition) is 2. The summed E-state index contributed by atoms with van der Waals surface area (Å²) in [7, 11) is 0. The van der Waals surface area contributed by atoms with Gasteiger partial charge >= 0.3 is 11.9 Å². The smallest absolute Gasteiger partial charge is 0.331 e. The summed E-state index contributed by atoms with van der Waals surface area (Å²) in [6, 6.07) is 0. The normalized spacial score (nSPS) is 12.2. The van der Waals surface area contributed by atoms with Crippen molar-refractivity contribution in [2.75, 3.05) is 0 Å². The van der Waals surface area contributed by atoms with E-state index in [1.807, 2.05) is 0 Å². The number of halogens is 2. The molecule has 0 saturated carbocycles. The molecule has 0 unspecified atom stereocenters. The van der Waals surface area contributed by atoms with E-state index in [0.29, 0.717) is 0 Å². The van der Waals surface area contributed by atoms with Gasteiger partial charge in [0.25, 0.3) is 0 Å². The predicted molar refractivity (Wildman–Crippen MR) is 66.1 cm³/mol. The summed E-state index contributed by atoms with van der Waals surface area (Å²) >= 11 is 11.1. The first kappa shape index (κ1) is 15.7. The van der Waals surface area contributed by atoms with Gasteiger partial charge in [0, 0.05) is 16.7 Å². The van der Waals surface area contributed by atoms with Crippen LogP contribution >= 0.6 is 23.2 Å². The molecule has 0 aromatic rings. The number of carbonyl (C=O) groups is 2. The van der Waals surface area contributed by atoms with Crippen molar-refractivity contribution in [1.82, 2.24) is 0 Å². The molecule has 17 heavy (non-hydrogen) atoms. The van der Waals surface area contributed by atoms with Crippen molar-refractivity contribution in [3.05, 3.63) is 33.4 Å². The van der Waals surface area contributed by atoms with Crippen LogP contribution in [0.1, 0.15) is 20.3 Å². The SMILES string of the molecule is CCC(=CC(C=C(C)C(=O)O)=C(Cl)Cl)C(=O)O. The Morgan fingerprint density at radius 2 is 1.65 bits per heavy atom. The van der Waals surface area contributed by atoms with E-state index in [0.717, 1.165) is 0 Å². The third-order valence-electron chi connectivity index (χ3n) is 1.91. The quantitative estimate of drug-likeness (QED) is 0.599. The molecule has 0 spiro atoms. The van der Waals surface area contributed by atoms with Crippen molar-refractivity contribution < 1.29 is 19.8 Å². The van der Waals surface area contributed by atoms with Gasteiger partial charge in [0.05, 0.1) is 0 Å². The first-order valence-electron chi connectivity index (χ1n) is 4.70. The lowest BCUT2D eigenvalue weighted by Crippen LogP contribution is -2.00. The number of hydrogen-bond donors (Lipinski definition) is 2. The zero-order valence-corrected chi connectivity index (χ0v) is 10.8. The van der Waals surface area contributed by atoms with Gasteiger partial charge in [0.1, 0.15) is 4.49 Å². The minimum atomic E-state index is -1.13. The van der Waals surface area contributed by atoms with Crippen LogP contribution in [0.5, 0.6) is 0 Å². The van der Waals surface area contributed by atoms with Crippen LogP contribution in [0.4, 0.5) is 0 Å². The first-order valence-corrected chi connectivity index (χ1v) is 5.45. The number of carboxylic acids is 2. The monoisotopic (exact) mass is 278 g/mol. The minimum Gasteiger partial charge on any atom is -0.478 e. The molecule has 0 bridgehead atoms. The van der Waals surface area contributed by atoms with E-state index in [1.54, 1.807) is 6.92 Å². The van der Waals surface area contributed by atoms with Crippen molar-refractivity contribution in [3.63, 3.8) is 0 Å². The van der Waals surface area contributed by atoms with Gasteiger partial charge in [-0.1, -0.05) is 30.1 Å². The zero-order valence-electron chi connectivity index (χ0n) is 9.33. The maximum atomic E-state index is 10.8. The van der Waals surface area contributed by atoms with Gasteiger partial charge in [-0.25, -0.2) is 9.59 Å². The molecule has 0 heterocycles. The lowest BCUT2D eigenvalue weighted by Gasteiger charge is -2.01. The van der Waals surface area contributed by atoms with E-state index < -0.39 is 11.9 Å². The molecular formula is C11H12Cl2O4. The van der Waals surface area contributed by atoms with Crippen LogP contribution in [-0.2, 0) is 9.59 Å². The van der Waals surface area contributed by atoms with Crippen molar-refractivity contribution >= 4 is 35.1 Å². The van der Waals surface area contributed by atoms with Gasteiger partial charge in [0.15, 0.2) is 0 Å². The van der Waals surface area contributed by atoms with Crippen LogP contribution in [0.15, 0.2) is 33.4 Å². The Kier molecular flexibility index (Phi) is 6.61. The molecular weight excluding hydrogens is 267 g/mol. The highest BCUT2D eigenvalue weighted by Crippen LogP contribution is 2.20. The van der Waals surface area contributed by atoms with Gasteiger partial charge in [0.2, 0.25) is 0 Å². The molecule has 4 nitrogen and oxygen atoms in total. The van der Waals surface area contributed by atoms with Crippen LogP contribution in [0.2, 0.25) is 0 Å². The molecule has 0 atom stereocenters. The van der Waals surface area contributed by atoms with Crippen LogP contribution < -0.4 is 0 Å². The number of carboxylic acid groups (broad SMARTS) is 2. The molecule has 0 aliphatic heterocycles. The second kappa shape index (κ2) is 7.14. The van der Waals surface area contributed by atoms with Crippen LogP contribution in [-0.4, -0.2) is 22.2 Å². The standard InChI is InChI=1S/C11H12Cl2O4/c1-3-7(11(16)17)5-8(9(12)13)4-6(2)10(14)15/h4-5H,3H2,1-2H3,(H,14,15)(H,16,17). The van der Waals surface area contributed by atoms with Crippen LogP contribution in [0, 0.1) is 0 Å². The largest absolute Gasteiger partial charge is 0.478 e. The fourth-order valence-corrected chi connectivity index (χ4v) is 1.17. The molecule has 0 amide bonds. The van der Waals surface area contributed by atoms with E-state index in [1.165, 1.54) is 19.1 Å². The van der Waals surface area contributed by atoms with Crippen LogP contribution in [0.25, 0.3) is 0 Å².